The third-order valence-corrected chi connectivity index (χ3v) is 5.07. The predicted molar refractivity (Wildman–Crippen MR) is 105 cm³/mol. The molecule has 1 aliphatic heterocycles. The minimum atomic E-state index is 0.103. The highest BCUT2D eigenvalue weighted by Crippen LogP contribution is 2.43. The minimum Gasteiger partial charge on any atom is -0.367 e. The zero-order valence-corrected chi connectivity index (χ0v) is 15.3. The predicted octanol–water partition coefficient (Wildman–Crippen LogP) is 4.52. The topological polar surface area (TPSA) is 23.6 Å². The van der Waals surface area contributed by atoms with E-state index >= 15 is 0 Å². The molecule has 3 nitrogen and oxygen atoms in total. The number of likely N-dealkylation sites (N-methyl/N-ethyl adjacent to an activating group) is 1. The molecule has 3 rings (SSSR count). The van der Waals surface area contributed by atoms with Crippen LogP contribution in [0.2, 0.25) is 0 Å². The summed E-state index contributed by atoms with van der Waals surface area (Å²) >= 11 is 0. The lowest BCUT2D eigenvalue weighted by molar-refractivity contribution is -0.125. The van der Waals surface area contributed by atoms with Crippen LogP contribution in [0.5, 0.6) is 0 Å². The van der Waals surface area contributed by atoms with E-state index in [2.05, 4.69) is 54.4 Å². The van der Waals surface area contributed by atoms with Crippen molar-refractivity contribution in [3.63, 3.8) is 0 Å². The molecule has 0 radical (unpaired) electrons. The van der Waals surface area contributed by atoms with E-state index in [0.717, 1.165) is 30.6 Å². The maximum atomic E-state index is 12.6. The first kappa shape index (κ1) is 17.3. The number of para-hydroxylation sites is 1. The number of hydrogen-bond acceptors (Lipinski definition) is 2. The smallest absolute Gasteiger partial charge is 0.246 e. The van der Waals surface area contributed by atoms with E-state index in [1.165, 1.54) is 11.3 Å². The van der Waals surface area contributed by atoms with Crippen LogP contribution in [0.1, 0.15) is 37.4 Å². The Labute approximate surface area is 150 Å². The van der Waals surface area contributed by atoms with Crippen molar-refractivity contribution in [3.8, 4) is 0 Å². The molecule has 3 heteroatoms. The van der Waals surface area contributed by atoms with E-state index in [1.54, 1.807) is 0 Å². The molecular formula is C22H26N2O. The van der Waals surface area contributed by atoms with E-state index < -0.39 is 0 Å². The molecule has 25 heavy (non-hydrogen) atoms. The maximum absolute atomic E-state index is 12.6. The summed E-state index contributed by atoms with van der Waals surface area (Å²) in [5, 5.41) is 0. The van der Waals surface area contributed by atoms with Gasteiger partial charge in [0.1, 0.15) is 0 Å². The van der Waals surface area contributed by atoms with Crippen molar-refractivity contribution in [2.45, 2.75) is 26.3 Å². The van der Waals surface area contributed by atoms with Crippen LogP contribution < -0.4 is 4.90 Å². The summed E-state index contributed by atoms with van der Waals surface area (Å²) < 4.78 is 0. The highest BCUT2D eigenvalue weighted by molar-refractivity contribution is 5.97. The zero-order chi connectivity index (χ0) is 17.8. The Hall–Kier alpha value is -2.55. The molecule has 1 heterocycles. The Morgan fingerprint density at radius 2 is 1.72 bits per heavy atom. The number of carbonyl (C=O) groups is 1. The third-order valence-electron chi connectivity index (χ3n) is 5.07. The van der Waals surface area contributed by atoms with Gasteiger partial charge in [-0.1, -0.05) is 48.5 Å². The monoisotopic (exact) mass is 334 g/mol. The second-order valence-corrected chi connectivity index (χ2v) is 6.44. The molecular weight excluding hydrogens is 308 g/mol. The first-order chi connectivity index (χ1) is 12.2. The molecule has 2 aromatic carbocycles. The van der Waals surface area contributed by atoms with E-state index in [0.29, 0.717) is 0 Å². The van der Waals surface area contributed by atoms with Crippen LogP contribution in [0, 0.1) is 0 Å². The van der Waals surface area contributed by atoms with Gasteiger partial charge in [0.2, 0.25) is 5.91 Å². The molecule has 1 atom stereocenters. The minimum absolute atomic E-state index is 0.103. The number of benzene rings is 2. The average molecular weight is 334 g/mol. The van der Waals surface area contributed by atoms with Crippen LogP contribution >= 0.6 is 0 Å². The summed E-state index contributed by atoms with van der Waals surface area (Å²) in [5.74, 6) is 0.103. The van der Waals surface area contributed by atoms with Gasteiger partial charge in [0, 0.05) is 37.5 Å². The van der Waals surface area contributed by atoms with Gasteiger partial charge in [-0.25, -0.2) is 0 Å². The molecule has 1 aliphatic rings. The fraction of sp³-hybridized carbons (Fsp3) is 0.318. The van der Waals surface area contributed by atoms with Gasteiger partial charge in [-0.15, -0.1) is 0 Å². The number of amides is 1. The summed E-state index contributed by atoms with van der Waals surface area (Å²) in [6, 6.07) is 19.1. The Morgan fingerprint density at radius 1 is 1.08 bits per heavy atom. The van der Waals surface area contributed by atoms with Crippen molar-refractivity contribution in [2.24, 2.45) is 0 Å². The van der Waals surface area contributed by atoms with Crippen molar-refractivity contribution in [2.75, 3.05) is 25.0 Å². The Balaban J connectivity index is 2.03. The molecule has 0 saturated carbocycles. The number of carbonyl (C=O) groups excluding carboxylic acids is 1. The normalized spacial score (nSPS) is 18.1. The molecule has 1 amide bonds. The van der Waals surface area contributed by atoms with Gasteiger partial charge in [0.05, 0.1) is 6.04 Å². The third kappa shape index (κ3) is 3.46. The van der Waals surface area contributed by atoms with Gasteiger partial charge >= 0.3 is 0 Å². The number of nitrogens with zero attached hydrogens (tertiary/aromatic N) is 2. The number of fused-ring (bicyclic) bond motifs is 1. The van der Waals surface area contributed by atoms with Crippen LogP contribution in [-0.2, 0) is 4.79 Å². The highest BCUT2D eigenvalue weighted by Gasteiger charge is 2.28. The van der Waals surface area contributed by atoms with Crippen LogP contribution in [-0.4, -0.2) is 30.9 Å². The van der Waals surface area contributed by atoms with Crippen LogP contribution in [0.3, 0.4) is 0 Å². The second kappa shape index (κ2) is 7.56. The van der Waals surface area contributed by atoms with Crippen LogP contribution in [0.15, 0.2) is 60.7 Å². The molecule has 0 fully saturated rings. The van der Waals surface area contributed by atoms with Gasteiger partial charge in [0.25, 0.3) is 0 Å². The van der Waals surface area contributed by atoms with Gasteiger partial charge in [-0.2, -0.15) is 0 Å². The molecule has 1 unspecified atom stereocenters. The highest BCUT2D eigenvalue weighted by atomic mass is 16.2. The van der Waals surface area contributed by atoms with Gasteiger partial charge < -0.3 is 9.80 Å². The Kier molecular flexibility index (Phi) is 5.22. The van der Waals surface area contributed by atoms with E-state index in [-0.39, 0.29) is 11.9 Å². The fourth-order valence-electron chi connectivity index (χ4n) is 3.60. The lowest BCUT2D eigenvalue weighted by atomic mass is 9.87. The Bertz CT molecular complexity index is 763. The van der Waals surface area contributed by atoms with E-state index in [4.69, 9.17) is 0 Å². The van der Waals surface area contributed by atoms with Gasteiger partial charge in [-0.3, -0.25) is 4.79 Å². The largest absolute Gasteiger partial charge is 0.367 e. The van der Waals surface area contributed by atoms with Gasteiger partial charge in [-0.05, 0) is 37.5 Å². The van der Waals surface area contributed by atoms with Gasteiger partial charge in [0.15, 0.2) is 0 Å². The summed E-state index contributed by atoms with van der Waals surface area (Å²) in [6.07, 6.45) is 2.68. The second-order valence-electron chi connectivity index (χ2n) is 6.44. The molecule has 130 valence electrons. The standard InChI is InChI=1S/C22H26N2O/c1-4-24(5-2)22(25)16-18-15-21(17-11-7-6-8-12-17)23(3)20-14-10-9-13-19(18)20/h6-14,16,21H,4-5,15H2,1-3H3/b18-16+. The molecule has 0 aromatic heterocycles. The van der Waals surface area contributed by atoms with E-state index in [9.17, 15) is 4.79 Å². The number of anilines is 1. The molecule has 0 spiro atoms. The SMILES string of the molecule is CCN(CC)C(=O)/C=C1\CC(c2ccccc2)N(C)c2ccccc21. The lowest BCUT2D eigenvalue weighted by Gasteiger charge is -2.38. The summed E-state index contributed by atoms with van der Waals surface area (Å²) in [7, 11) is 2.14. The fourth-order valence-corrected chi connectivity index (χ4v) is 3.60. The molecule has 0 bridgehead atoms. The molecule has 0 aliphatic carbocycles. The first-order valence-corrected chi connectivity index (χ1v) is 9.02. The first-order valence-electron chi connectivity index (χ1n) is 9.02. The molecule has 0 saturated heterocycles. The quantitative estimate of drug-likeness (QED) is 0.768. The van der Waals surface area contributed by atoms with Crippen molar-refractivity contribution in [1.29, 1.82) is 0 Å². The maximum Gasteiger partial charge on any atom is 0.246 e. The average Bonchev–Trinajstić information content (AvgIpc) is 2.66. The van der Waals surface area contributed by atoms with Crippen LogP contribution in [0.25, 0.3) is 5.57 Å². The van der Waals surface area contributed by atoms with Crippen LogP contribution in [0.4, 0.5) is 5.69 Å². The zero-order valence-electron chi connectivity index (χ0n) is 15.3. The molecule has 2 aromatic rings. The van der Waals surface area contributed by atoms with Crippen molar-refractivity contribution in [1.82, 2.24) is 4.90 Å². The van der Waals surface area contributed by atoms with E-state index in [1.807, 2.05) is 37.0 Å². The Morgan fingerprint density at radius 3 is 2.40 bits per heavy atom. The van der Waals surface area contributed by atoms with Crippen molar-refractivity contribution >= 4 is 17.2 Å². The number of rotatable bonds is 4. The van der Waals surface area contributed by atoms with Crippen molar-refractivity contribution in [3.05, 3.63) is 71.8 Å². The molecule has 0 N–H and O–H groups in total. The number of hydrogen-bond donors (Lipinski definition) is 0. The summed E-state index contributed by atoms with van der Waals surface area (Å²) in [5.41, 5.74) is 4.75. The summed E-state index contributed by atoms with van der Waals surface area (Å²) in [4.78, 5) is 16.8. The van der Waals surface area contributed by atoms with Crippen molar-refractivity contribution < 1.29 is 4.79 Å². The summed E-state index contributed by atoms with van der Waals surface area (Å²) in [6.45, 7) is 5.52. The lowest BCUT2D eigenvalue weighted by Crippen LogP contribution is -2.31.